The van der Waals surface area contributed by atoms with E-state index in [9.17, 15) is 9.59 Å². The monoisotopic (exact) mass is 264 g/mol. The Balaban J connectivity index is 2.77. The van der Waals surface area contributed by atoms with Crippen molar-refractivity contribution < 1.29 is 19.4 Å². The summed E-state index contributed by atoms with van der Waals surface area (Å²) in [6.45, 7) is 1.93. The molecule has 6 nitrogen and oxygen atoms in total. The van der Waals surface area contributed by atoms with E-state index in [1.165, 1.54) is 0 Å². The highest BCUT2D eigenvalue weighted by atomic mass is 16.5. The van der Waals surface area contributed by atoms with Gasteiger partial charge in [0.25, 0.3) is 0 Å². The van der Waals surface area contributed by atoms with Gasteiger partial charge in [0.2, 0.25) is 0 Å². The molecule has 2 N–H and O–H groups in total. The van der Waals surface area contributed by atoms with Crippen LogP contribution in [0.3, 0.4) is 0 Å². The first-order chi connectivity index (χ1) is 9.13. The fourth-order valence-corrected chi connectivity index (χ4v) is 1.40. The minimum atomic E-state index is -0.917. The molecule has 1 rings (SSSR count). The molecule has 0 aliphatic rings. The molecule has 0 atom stereocenters. The zero-order chi connectivity index (χ0) is 14.1. The number of hydrogen-bond donors (Lipinski definition) is 2. The summed E-state index contributed by atoms with van der Waals surface area (Å²) < 4.78 is 4.68. The van der Waals surface area contributed by atoms with Gasteiger partial charge in [0, 0.05) is 6.42 Å². The smallest absolute Gasteiger partial charge is 0.427 e. The Morgan fingerprint density at radius 3 is 2.53 bits per heavy atom. The summed E-state index contributed by atoms with van der Waals surface area (Å²) in [4.78, 5) is 21.8. The summed E-state index contributed by atoms with van der Waals surface area (Å²) >= 11 is 0. The van der Waals surface area contributed by atoms with E-state index in [-0.39, 0.29) is 19.4 Å². The number of amides is 1. The first kappa shape index (κ1) is 14.7. The van der Waals surface area contributed by atoms with Crippen LogP contribution in [0.15, 0.2) is 35.4 Å². The van der Waals surface area contributed by atoms with E-state index in [2.05, 4.69) is 15.3 Å². The molecule has 0 aromatic heterocycles. The van der Waals surface area contributed by atoms with E-state index in [0.717, 1.165) is 5.56 Å². The lowest BCUT2D eigenvalue weighted by atomic mass is 10.1. The van der Waals surface area contributed by atoms with Gasteiger partial charge in [-0.05, 0) is 12.5 Å². The molecule has 0 radical (unpaired) electrons. The maximum Gasteiger partial charge on any atom is 0.427 e. The van der Waals surface area contributed by atoms with Crippen molar-refractivity contribution in [2.45, 2.75) is 19.8 Å². The highest BCUT2D eigenvalue weighted by Gasteiger charge is 2.08. The van der Waals surface area contributed by atoms with E-state index in [1.807, 2.05) is 18.2 Å². The van der Waals surface area contributed by atoms with Crippen LogP contribution in [-0.2, 0) is 9.53 Å². The summed E-state index contributed by atoms with van der Waals surface area (Å²) in [5, 5.41) is 12.6. The number of carbonyl (C=O) groups is 2. The molecule has 0 heterocycles. The largest absolute Gasteiger partial charge is 0.481 e. The maximum atomic E-state index is 11.2. The lowest BCUT2D eigenvalue weighted by Gasteiger charge is -2.06. The van der Waals surface area contributed by atoms with Crippen LogP contribution in [0.25, 0.3) is 0 Å². The molecular formula is C13H16N2O4. The third kappa shape index (κ3) is 5.67. The first-order valence-corrected chi connectivity index (χ1v) is 5.90. The topological polar surface area (TPSA) is 88.0 Å². The Morgan fingerprint density at radius 2 is 1.95 bits per heavy atom. The number of hydrogen-bond acceptors (Lipinski definition) is 4. The van der Waals surface area contributed by atoms with E-state index in [1.54, 1.807) is 19.1 Å². The standard InChI is InChI=1S/C13H16N2O4/c1-2-19-13(18)15-14-11(8-9-12(16)17)10-6-4-3-5-7-10/h3-7H,2,8-9H2,1H3,(H,15,18)(H,16,17)/b14-11+. The second-order valence-electron chi connectivity index (χ2n) is 3.65. The van der Waals surface area contributed by atoms with Gasteiger partial charge in [0.1, 0.15) is 0 Å². The second kappa shape index (κ2) is 7.86. The van der Waals surface area contributed by atoms with Crippen molar-refractivity contribution in [3.8, 4) is 0 Å². The summed E-state index contributed by atoms with van der Waals surface area (Å²) in [7, 11) is 0. The second-order valence-corrected chi connectivity index (χ2v) is 3.65. The molecule has 0 saturated heterocycles. The summed E-state index contributed by atoms with van der Waals surface area (Å²) in [5.41, 5.74) is 3.50. The number of carboxylic acids is 1. The van der Waals surface area contributed by atoms with E-state index >= 15 is 0 Å². The fraction of sp³-hybridized carbons (Fsp3) is 0.308. The molecule has 1 aromatic carbocycles. The Bertz CT molecular complexity index is 457. The van der Waals surface area contributed by atoms with Gasteiger partial charge in [0.15, 0.2) is 0 Å². The van der Waals surface area contributed by atoms with Gasteiger partial charge in [-0.15, -0.1) is 0 Å². The van der Waals surface area contributed by atoms with Gasteiger partial charge < -0.3 is 9.84 Å². The Morgan fingerprint density at radius 1 is 1.26 bits per heavy atom. The zero-order valence-electron chi connectivity index (χ0n) is 10.6. The number of hydrazone groups is 1. The quantitative estimate of drug-likeness (QED) is 0.607. The van der Waals surface area contributed by atoms with Crippen LogP contribution >= 0.6 is 0 Å². The SMILES string of the molecule is CCOC(=O)N/N=C(\CCC(=O)O)c1ccccc1. The molecular weight excluding hydrogens is 248 g/mol. The van der Waals surface area contributed by atoms with E-state index in [0.29, 0.717) is 5.71 Å². The van der Waals surface area contributed by atoms with E-state index < -0.39 is 12.1 Å². The molecule has 0 unspecified atom stereocenters. The number of aliphatic carboxylic acids is 1. The summed E-state index contributed by atoms with van der Waals surface area (Å²) in [6.07, 6.45) is -0.490. The molecule has 0 aliphatic carbocycles. The molecule has 19 heavy (non-hydrogen) atoms. The number of benzene rings is 1. The maximum absolute atomic E-state index is 11.2. The van der Waals surface area contributed by atoms with Crippen molar-refractivity contribution in [2.24, 2.45) is 5.10 Å². The minimum absolute atomic E-state index is 0.0573. The predicted molar refractivity (Wildman–Crippen MR) is 70.0 cm³/mol. The lowest BCUT2D eigenvalue weighted by Crippen LogP contribution is -2.21. The number of ether oxygens (including phenoxy) is 1. The lowest BCUT2D eigenvalue weighted by molar-refractivity contribution is -0.136. The molecule has 0 aliphatic heterocycles. The molecule has 6 heteroatoms. The Hall–Kier alpha value is -2.37. The summed E-state index contributed by atoms with van der Waals surface area (Å²) in [6, 6.07) is 9.07. The third-order valence-electron chi connectivity index (χ3n) is 2.24. The molecule has 0 saturated carbocycles. The van der Waals surface area contributed by atoms with Crippen molar-refractivity contribution >= 4 is 17.8 Å². The van der Waals surface area contributed by atoms with Crippen LogP contribution < -0.4 is 5.43 Å². The third-order valence-corrected chi connectivity index (χ3v) is 2.24. The Kier molecular flexibility index (Phi) is 6.08. The normalized spacial score (nSPS) is 10.9. The average Bonchev–Trinajstić information content (AvgIpc) is 2.40. The first-order valence-electron chi connectivity index (χ1n) is 5.90. The predicted octanol–water partition coefficient (Wildman–Crippen LogP) is 2.00. The number of carbonyl (C=O) groups excluding carboxylic acids is 1. The van der Waals surface area contributed by atoms with Gasteiger partial charge in [-0.1, -0.05) is 30.3 Å². The van der Waals surface area contributed by atoms with Crippen molar-refractivity contribution in [3.05, 3.63) is 35.9 Å². The molecule has 0 bridgehead atoms. The van der Waals surface area contributed by atoms with Crippen LogP contribution in [0.2, 0.25) is 0 Å². The van der Waals surface area contributed by atoms with Crippen LogP contribution in [0.5, 0.6) is 0 Å². The van der Waals surface area contributed by atoms with Crippen LogP contribution in [-0.4, -0.2) is 29.5 Å². The molecule has 0 spiro atoms. The number of rotatable bonds is 6. The van der Waals surface area contributed by atoms with Gasteiger partial charge >= 0.3 is 12.1 Å². The zero-order valence-corrected chi connectivity index (χ0v) is 10.6. The van der Waals surface area contributed by atoms with Crippen molar-refractivity contribution in [3.63, 3.8) is 0 Å². The minimum Gasteiger partial charge on any atom is -0.481 e. The molecule has 1 aromatic rings. The average molecular weight is 264 g/mol. The van der Waals surface area contributed by atoms with Crippen molar-refractivity contribution in [2.75, 3.05) is 6.61 Å². The molecule has 0 fully saturated rings. The number of carboxylic acid groups (broad SMARTS) is 1. The van der Waals surface area contributed by atoms with Gasteiger partial charge in [-0.25, -0.2) is 10.2 Å². The Labute approximate surface area is 111 Å². The van der Waals surface area contributed by atoms with E-state index in [4.69, 9.17) is 5.11 Å². The van der Waals surface area contributed by atoms with Crippen molar-refractivity contribution in [1.29, 1.82) is 0 Å². The number of nitrogens with one attached hydrogen (secondary N) is 1. The van der Waals surface area contributed by atoms with Crippen molar-refractivity contribution in [1.82, 2.24) is 5.43 Å². The van der Waals surface area contributed by atoms with Gasteiger partial charge in [-0.2, -0.15) is 5.10 Å². The van der Waals surface area contributed by atoms with Crippen LogP contribution in [0.1, 0.15) is 25.3 Å². The van der Waals surface area contributed by atoms with Crippen LogP contribution in [0, 0.1) is 0 Å². The number of nitrogens with zero attached hydrogens (tertiary/aromatic N) is 1. The highest BCUT2D eigenvalue weighted by Crippen LogP contribution is 2.06. The van der Waals surface area contributed by atoms with Gasteiger partial charge in [-0.3, -0.25) is 4.79 Å². The molecule has 102 valence electrons. The van der Waals surface area contributed by atoms with Crippen LogP contribution in [0.4, 0.5) is 4.79 Å². The fourth-order valence-electron chi connectivity index (χ4n) is 1.40. The molecule has 1 amide bonds. The van der Waals surface area contributed by atoms with Gasteiger partial charge in [0.05, 0.1) is 18.7 Å². The highest BCUT2D eigenvalue weighted by molar-refractivity contribution is 6.01. The summed E-state index contributed by atoms with van der Waals surface area (Å²) in [5.74, 6) is -0.917.